The SMILES string of the molecule is CCC(C)CC(C)Nc1ccc(N)c(OC)c1. The molecule has 0 amide bonds. The molecular weight excluding hydrogens is 212 g/mol. The van der Waals surface area contributed by atoms with Gasteiger partial charge in [0.15, 0.2) is 0 Å². The first kappa shape index (κ1) is 13.7. The van der Waals surface area contributed by atoms with Crippen molar-refractivity contribution < 1.29 is 4.74 Å². The summed E-state index contributed by atoms with van der Waals surface area (Å²) in [5.74, 6) is 1.47. The number of methoxy groups -OCH3 is 1. The molecule has 17 heavy (non-hydrogen) atoms. The van der Waals surface area contributed by atoms with Crippen LogP contribution in [0.3, 0.4) is 0 Å². The lowest BCUT2D eigenvalue weighted by molar-refractivity contribution is 0.417. The van der Waals surface area contributed by atoms with Gasteiger partial charge in [0.25, 0.3) is 0 Å². The number of benzene rings is 1. The van der Waals surface area contributed by atoms with Gasteiger partial charge in [-0.3, -0.25) is 0 Å². The minimum atomic E-state index is 0.457. The maximum atomic E-state index is 5.78. The maximum Gasteiger partial charge on any atom is 0.143 e. The molecule has 1 rings (SSSR count). The van der Waals surface area contributed by atoms with Crippen molar-refractivity contribution in [3.8, 4) is 5.75 Å². The second kappa shape index (κ2) is 6.38. The third-order valence-electron chi connectivity index (χ3n) is 3.10. The van der Waals surface area contributed by atoms with Gasteiger partial charge in [-0.25, -0.2) is 0 Å². The predicted octanol–water partition coefficient (Wildman–Crippen LogP) is 3.51. The first-order chi connectivity index (χ1) is 8.06. The zero-order valence-electron chi connectivity index (χ0n) is 11.3. The van der Waals surface area contributed by atoms with Gasteiger partial charge in [0, 0.05) is 17.8 Å². The van der Waals surface area contributed by atoms with E-state index in [1.54, 1.807) is 7.11 Å². The average molecular weight is 236 g/mol. The Morgan fingerprint density at radius 3 is 2.65 bits per heavy atom. The Balaban J connectivity index is 2.62. The van der Waals surface area contributed by atoms with Crippen molar-refractivity contribution >= 4 is 11.4 Å². The molecule has 0 heterocycles. The summed E-state index contributed by atoms with van der Waals surface area (Å²) in [6, 6.07) is 6.27. The lowest BCUT2D eigenvalue weighted by Crippen LogP contribution is -2.18. The molecule has 0 saturated heterocycles. The molecule has 2 atom stereocenters. The largest absolute Gasteiger partial charge is 0.495 e. The van der Waals surface area contributed by atoms with E-state index in [1.165, 1.54) is 12.8 Å². The van der Waals surface area contributed by atoms with E-state index in [0.29, 0.717) is 11.7 Å². The smallest absolute Gasteiger partial charge is 0.143 e. The number of anilines is 2. The molecule has 0 fully saturated rings. The summed E-state index contributed by atoms with van der Waals surface area (Å²) >= 11 is 0. The molecule has 2 unspecified atom stereocenters. The Bertz CT molecular complexity index is 352. The molecule has 0 saturated carbocycles. The minimum Gasteiger partial charge on any atom is -0.495 e. The fourth-order valence-corrected chi connectivity index (χ4v) is 1.91. The Kier molecular flexibility index (Phi) is 5.13. The lowest BCUT2D eigenvalue weighted by Gasteiger charge is -2.19. The fraction of sp³-hybridized carbons (Fsp3) is 0.571. The van der Waals surface area contributed by atoms with E-state index in [-0.39, 0.29) is 0 Å². The molecule has 0 spiro atoms. The van der Waals surface area contributed by atoms with Crippen LogP contribution in [-0.2, 0) is 0 Å². The van der Waals surface area contributed by atoms with Crippen molar-refractivity contribution in [2.24, 2.45) is 5.92 Å². The van der Waals surface area contributed by atoms with Crippen LogP contribution in [0.4, 0.5) is 11.4 Å². The van der Waals surface area contributed by atoms with Crippen molar-refractivity contribution in [3.05, 3.63) is 18.2 Å². The van der Waals surface area contributed by atoms with Crippen LogP contribution in [0.25, 0.3) is 0 Å². The summed E-state index contributed by atoms with van der Waals surface area (Å²) in [6.45, 7) is 6.71. The number of rotatable bonds is 6. The van der Waals surface area contributed by atoms with E-state index in [0.717, 1.165) is 17.4 Å². The van der Waals surface area contributed by atoms with Gasteiger partial charge in [-0.15, -0.1) is 0 Å². The summed E-state index contributed by atoms with van der Waals surface area (Å²) in [5, 5.41) is 3.47. The molecule has 3 N–H and O–H groups in total. The van der Waals surface area contributed by atoms with Crippen LogP contribution in [0.5, 0.6) is 5.75 Å². The van der Waals surface area contributed by atoms with Crippen molar-refractivity contribution in [1.29, 1.82) is 0 Å². The number of nitrogens with two attached hydrogens (primary N) is 1. The van der Waals surface area contributed by atoms with Crippen molar-refractivity contribution in [2.75, 3.05) is 18.2 Å². The molecule has 96 valence electrons. The van der Waals surface area contributed by atoms with Crippen LogP contribution >= 0.6 is 0 Å². The van der Waals surface area contributed by atoms with Gasteiger partial charge in [0.1, 0.15) is 5.75 Å². The molecule has 0 radical (unpaired) electrons. The highest BCUT2D eigenvalue weighted by Gasteiger charge is 2.08. The highest BCUT2D eigenvalue weighted by Crippen LogP contribution is 2.26. The van der Waals surface area contributed by atoms with Crippen LogP contribution in [-0.4, -0.2) is 13.2 Å². The Morgan fingerprint density at radius 1 is 1.35 bits per heavy atom. The highest BCUT2D eigenvalue weighted by molar-refractivity contribution is 5.61. The van der Waals surface area contributed by atoms with Crippen molar-refractivity contribution in [3.63, 3.8) is 0 Å². The van der Waals surface area contributed by atoms with Gasteiger partial charge in [0.05, 0.1) is 12.8 Å². The van der Waals surface area contributed by atoms with E-state index in [4.69, 9.17) is 10.5 Å². The van der Waals surface area contributed by atoms with E-state index < -0.39 is 0 Å². The van der Waals surface area contributed by atoms with Gasteiger partial charge >= 0.3 is 0 Å². The van der Waals surface area contributed by atoms with Gasteiger partial charge in [0.2, 0.25) is 0 Å². The van der Waals surface area contributed by atoms with E-state index in [2.05, 4.69) is 26.1 Å². The van der Waals surface area contributed by atoms with Crippen LogP contribution in [0.1, 0.15) is 33.6 Å². The fourth-order valence-electron chi connectivity index (χ4n) is 1.91. The van der Waals surface area contributed by atoms with Crippen LogP contribution in [0.15, 0.2) is 18.2 Å². The quantitative estimate of drug-likeness (QED) is 0.743. The van der Waals surface area contributed by atoms with Crippen molar-refractivity contribution in [2.45, 2.75) is 39.7 Å². The van der Waals surface area contributed by atoms with Gasteiger partial charge in [-0.1, -0.05) is 20.3 Å². The number of nitrogen functional groups attached to an aromatic ring is 1. The molecule has 0 aliphatic carbocycles. The summed E-state index contributed by atoms with van der Waals surface area (Å²) in [4.78, 5) is 0. The second-order valence-electron chi connectivity index (χ2n) is 4.75. The third-order valence-corrected chi connectivity index (χ3v) is 3.10. The number of hydrogen-bond acceptors (Lipinski definition) is 3. The predicted molar refractivity (Wildman–Crippen MR) is 74.6 cm³/mol. The maximum absolute atomic E-state index is 5.78. The average Bonchev–Trinajstić information content (AvgIpc) is 2.31. The molecular formula is C14H24N2O. The monoisotopic (exact) mass is 236 g/mol. The topological polar surface area (TPSA) is 47.3 Å². The number of nitrogens with one attached hydrogen (secondary N) is 1. The standard InChI is InChI=1S/C14H24N2O/c1-5-10(2)8-11(3)16-12-6-7-13(15)14(9-12)17-4/h6-7,9-11,16H,5,8,15H2,1-4H3. The third kappa shape index (κ3) is 4.17. The minimum absolute atomic E-state index is 0.457. The Hall–Kier alpha value is -1.38. The lowest BCUT2D eigenvalue weighted by atomic mass is 10.0. The summed E-state index contributed by atoms with van der Waals surface area (Å²) < 4.78 is 5.20. The molecule has 0 bridgehead atoms. The van der Waals surface area contributed by atoms with Crippen LogP contribution in [0, 0.1) is 5.92 Å². The zero-order valence-corrected chi connectivity index (χ0v) is 11.3. The van der Waals surface area contributed by atoms with Gasteiger partial charge in [-0.05, 0) is 31.4 Å². The second-order valence-corrected chi connectivity index (χ2v) is 4.75. The molecule has 0 aliphatic heterocycles. The first-order valence-electron chi connectivity index (χ1n) is 6.26. The van der Waals surface area contributed by atoms with Gasteiger partial charge in [-0.2, -0.15) is 0 Å². The van der Waals surface area contributed by atoms with Crippen LogP contribution in [0.2, 0.25) is 0 Å². The summed E-state index contributed by atoms with van der Waals surface area (Å²) in [7, 11) is 1.64. The van der Waals surface area contributed by atoms with Gasteiger partial charge < -0.3 is 15.8 Å². The Morgan fingerprint density at radius 2 is 2.06 bits per heavy atom. The molecule has 0 aromatic heterocycles. The molecule has 1 aromatic carbocycles. The first-order valence-corrected chi connectivity index (χ1v) is 6.26. The summed E-state index contributed by atoms with van der Waals surface area (Å²) in [6.07, 6.45) is 2.39. The van der Waals surface area contributed by atoms with E-state index in [9.17, 15) is 0 Å². The highest BCUT2D eigenvalue weighted by atomic mass is 16.5. The summed E-state index contributed by atoms with van der Waals surface area (Å²) in [5.41, 5.74) is 7.52. The van der Waals surface area contributed by atoms with Crippen LogP contribution < -0.4 is 15.8 Å². The zero-order chi connectivity index (χ0) is 12.8. The number of hydrogen-bond donors (Lipinski definition) is 2. The molecule has 3 heteroatoms. The molecule has 3 nitrogen and oxygen atoms in total. The molecule has 0 aliphatic rings. The number of ether oxygens (including phenoxy) is 1. The molecule has 1 aromatic rings. The van der Waals surface area contributed by atoms with Crippen molar-refractivity contribution in [1.82, 2.24) is 0 Å². The Labute approximate surface area is 104 Å². The van der Waals surface area contributed by atoms with E-state index >= 15 is 0 Å². The van der Waals surface area contributed by atoms with E-state index in [1.807, 2.05) is 18.2 Å². The normalized spacial score (nSPS) is 14.1.